The van der Waals surface area contributed by atoms with Gasteiger partial charge in [0.2, 0.25) is 0 Å². The first-order chi connectivity index (χ1) is 23.4. The molecule has 10 heteroatoms. The van der Waals surface area contributed by atoms with Crippen LogP contribution in [0.4, 0.5) is 0 Å². The number of hydrogen-bond acceptors (Lipinski definition) is 6. The molecule has 0 aliphatic heterocycles. The first kappa shape index (κ1) is 53.6. The fourth-order valence-corrected chi connectivity index (χ4v) is 4.99. The molecule has 2 unspecified atom stereocenters. The molecular weight excluding hydrogens is 628 g/mol. The topological polar surface area (TPSA) is 190 Å². The summed E-state index contributed by atoms with van der Waals surface area (Å²) in [6, 6.07) is 0. The largest absolute Gasteiger partial charge is 0.481 e. The average molecular weight is 707 g/mol. The minimum atomic E-state index is -0.901. The van der Waals surface area contributed by atoms with Crippen molar-refractivity contribution in [1.82, 2.24) is 0 Å². The molecule has 0 radical (unpaired) electrons. The van der Waals surface area contributed by atoms with Crippen LogP contribution in [-0.2, 0) is 19.2 Å². The third-order valence-corrected chi connectivity index (χ3v) is 8.49. The van der Waals surface area contributed by atoms with E-state index >= 15 is 0 Å². The molecule has 10 nitrogen and oxygen atoms in total. The average Bonchev–Trinajstić information content (AvgIpc) is 3.04. The van der Waals surface area contributed by atoms with E-state index in [2.05, 4.69) is 13.8 Å². The Morgan fingerprint density at radius 2 is 0.714 bits per heavy atom. The van der Waals surface area contributed by atoms with Crippen LogP contribution in [0.3, 0.4) is 0 Å². The molecule has 2 atom stereocenters. The van der Waals surface area contributed by atoms with Crippen LogP contribution in [0.1, 0.15) is 195 Å². The predicted octanol–water partition coefficient (Wildman–Crippen LogP) is 9.97. The molecule has 0 bridgehead atoms. The number of aliphatic hydroxyl groups is 2. The van der Waals surface area contributed by atoms with Crippen LogP contribution in [-0.4, -0.2) is 67.7 Å². The summed E-state index contributed by atoms with van der Waals surface area (Å²) in [5.41, 5.74) is 0. The predicted molar refractivity (Wildman–Crippen MR) is 199 cm³/mol. The summed E-state index contributed by atoms with van der Waals surface area (Å²) in [6.45, 7) is 10.5. The number of rotatable bonds is 30. The van der Waals surface area contributed by atoms with Crippen molar-refractivity contribution in [1.29, 1.82) is 0 Å². The van der Waals surface area contributed by atoms with Gasteiger partial charge in [0.15, 0.2) is 0 Å². The normalized spacial score (nSPS) is 11.6. The fourth-order valence-electron chi connectivity index (χ4n) is 4.99. The van der Waals surface area contributed by atoms with Gasteiger partial charge in [0.25, 0.3) is 0 Å². The Morgan fingerprint density at radius 3 is 0.918 bits per heavy atom. The van der Waals surface area contributed by atoms with E-state index in [1.165, 1.54) is 89.9 Å². The van der Waals surface area contributed by atoms with Gasteiger partial charge in [-0.25, -0.2) is 0 Å². The highest BCUT2D eigenvalue weighted by atomic mass is 16.4. The van der Waals surface area contributed by atoms with Crippen LogP contribution in [0.2, 0.25) is 0 Å². The second-order valence-corrected chi connectivity index (χ2v) is 13.2. The Balaban J connectivity index is -0.000000281. The maximum absolute atomic E-state index is 10.6. The van der Waals surface area contributed by atoms with Crippen molar-refractivity contribution in [2.75, 3.05) is 13.2 Å². The molecule has 0 fully saturated rings. The Kier molecular flexibility index (Phi) is 47.9. The SMILES string of the molecule is CC(CCO)CCO.CCC(CC(CC)C(=O)O)C(=O)O.CCCCCCCCCCCC(=O)O.CCCCCCCCCCCC(=O)O. The van der Waals surface area contributed by atoms with Crippen molar-refractivity contribution in [3.05, 3.63) is 0 Å². The molecule has 0 aromatic heterocycles. The molecule has 0 amide bonds. The molecule has 0 saturated carbocycles. The monoisotopic (exact) mass is 707 g/mol. The van der Waals surface area contributed by atoms with E-state index < -0.39 is 35.7 Å². The molecule has 0 aliphatic carbocycles. The number of unbranched alkanes of at least 4 members (excludes halogenated alkanes) is 16. The third-order valence-electron chi connectivity index (χ3n) is 8.49. The standard InChI is InChI=1S/2C12H24O2.C9H16O4.C6H14O2/c2*1-2-3-4-5-6-7-8-9-10-11-12(13)14;1-3-6(8(10)11)5-7(4-2)9(12)13;1-6(2-4-7)3-5-8/h2*2-11H2,1H3,(H,13,14);6-7H,3-5H2,1-2H3,(H,10,11)(H,12,13);6-8H,2-5H2,1H3. The summed E-state index contributed by atoms with van der Waals surface area (Å²) in [6.07, 6.45) is 25.8. The van der Waals surface area contributed by atoms with Crippen LogP contribution < -0.4 is 0 Å². The highest BCUT2D eigenvalue weighted by Crippen LogP contribution is 2.19. The minimum absolute atomic E-state index is 0.234. The lowest BCUT2D eigenvalue weighted by Crippen LogP contribution is -2.21. The number of carboxylic acids is 4. The van der Waals surface area contributed by atoms with Crippen molar-refractivity contribution in [2.45, 2.75) is 195 Å². The van der Waals surface area contributed by atoms with E-state index in [-0.39, 0.29) is 19.6 Å². The van der Waals surface area contributed by atoms with Crippen LogP contribution in [0.5, 0.6) is 0 Å². The van der Waals surface area contributed by atoms with Crippen molar-refractivity contribution in [3.8, 4) is 0 Å². The molecule has 0 rings (SSSR count). The van der Waals surface area contributed by atoms with Crippen LogP contribution >= 0.6 is 0 Å². The van der Waals surface area contributed by atoms with E-state index in [0.717, 1.165) is 38.5 Å². The molecule has 6 N–H and O–H groups in total. The minimum Gasteiger partial charge on any atom is -0.481 e. The maximum Gasteiger partial charge on any atom is 0.306 e. The molecule has 0 spiro atoms. The van der Waals surface area contributed by atoms with E-state index in [9.17, 15) is 19.2 Å². The van der Waals surface area contributed by atoms with Gasteiger partial charge in [-0.1, -0.05) is 137 Å². The zero-order valence-corrected chi connectivity index (χ0v) is 32.1. The molecule has 294 valence electrons. The van der Waals surface area contributed by atoms with E-state index in [4.69, 9.17) is 30.6 Å². The second-order valence-electron chi connectivity index (χ2n) is 13.2. The first-order valence-electron chi connectivity index (χ1n) is 19.5. The molecule has 0 heterocycles. The first-order valence-corrected chi connectivity index (χ1v) is 19.5. The number of aliphatic carboxylic acids is 4. The zero-order chi connectivity index (χ0) is 38.1. The lowest BCUT2D eigenvalue weighted by atomic mass is 9.91. The zero-order valence-electron chi connectivity index (χ0n) is 32.1. The van der Waals surface area contributed by atoms with Crippen molar-refractivity contribution < 1.29 is 49.8 Å². The number of carbonyl (C=O) groups is 4. The molecule has 49 heavy (non-hydrogen) atoms. The van der Waals surface area contributed by atoms with Gasteiger partial charge >= 0.3 is 23.9 Å². The van der Waals surface area contributed by atoms with E-state index in [1.54, 1.807) is 13.8 Å². The van der Waals surface area contributed by atoms with Crippen LogP contribution in [0.25, 0.3) is 0 Å². The highest BCUT2D eigenvalue weighted by molar-refractivity contribution is 5.73. The highest BCUT2D eigenvalue weighted by Gasteiger charge is 2.24. The lowest BCUT2D eigenvalue weighted by Gasteiger charge is -2.14. The lowest BCUT2D eigenvalue weighted by molar-refractivity contribution is -0.146. The summed E-state index contributed by atoms with van der Waals surface area (Å²) in [5.74, 6) is -3.71. The number of carboxylic acid groups (broad SMARTS) is 4. The molecule has 0 aliphatic rings. The second kappa shape index (κ2) is 43.8. The summed E-state index contributed by atoms with van der Waals surface area (Å²) in [4.78, 5) is 41.6. The molecule has 0 aromatic rings. The summed E-state index contributed by atoms with van der Waals surface area (Å²) < 4.78 is 0. The summed E-state index contributed by atoms with van der Waals surface area (Å²) in [7, 11) is 0. The van der Waals surface area contributed by atoms with Gasteiger partial charge in [0, 0.05) is 26.1 Å². The van der Waals surface area contributed by atoms with Crippen LogP contribution in [0.15, 0.2) is 0 Å². The number of aliphatic hydroxyl groups excluding tert-OH is 2. The van der Waals surface area contributed by atoms with Crippen molar-refractivity contribution in [3.63, 3.8) is 0 Å². The Bertz CT molecular complexity index is 671. The van der Waals surface area contributed by atoms with Gasteiger partial charge in [0.1, 0.15) is 0 Å². The van der Waals surface area contributed by atoms with Gasteiger partial charge in [-0.3, -0.25) is 19.2 Å². The summed E-state index contributed by atoms with van der Waals surface area (Å²) >= 11 is 0. The van der Waals surface area contributed by atoms with Crippen LogP contribution in [0, 0.1) is 17.8 Å². The smallest absolute Gasteiger partial charge is 0.306 e. The molecular formula is C39H78O10. The Hall–Kier alpha value is -2.20. The van der Waals surface area contributed by atoms with Gasteiger partial charge in [-0.15, -0.1) is 0 Å². The third kappa shape index (κ3) is 50.3. The fraction of sp³-hybridized carbons (Fsp3) is 0.897. The Morgan fingerprint density at radius 1 is 0.449 bits per heavy atom. The quantitative estimate of drug-likeness (QED) is 0.0392. The van der Waals surface area contributed by atoms with Crippen molar-refractivity contribution in [2.24, 2.45) is 17.8 Å². The van der Waals surface area contributed by atoms with Crippen molar-refractivity contribution >= 4 is 23.9 Å². The van der Waals surface area contributed by atoms with Gasteiger partial charge < -0.3 is 30.6 Å². The summed E-state index contributed by atoms with van der Waals surface area (Å²) in [5, 5.41) is 51.0. The molecule has 0 aromatic carbocycles. The van der Waals surface area contributed by atoms with Gasteiger partial charge in [-0.2, -0.15) is 0 Å². The van der Waals surface area contributed by atoms with E-state index in [0.29, 0.717) is 31.6 Å². The van der Waals surface area contributed by atoms with Gasteiger partial charge in [-0.05, 0) is 50.9 Å². The number of hydrogen-bond donors (Lipinski definition) is 6. The van der Waals surface area contributed by atoms with E-state index in [1.807, 2.05) is 6.92 Å². The maximum atomic E-state index is 10.6. The van der Waals surface area contributed by atoms with Gasteiger partial charge in [0.05, 0.1) is 11.8 Å². The Labute approximate surface area is 299 Å². The molecule has 0 saturated heterocycles.